The molecule has 0 atom stereocenters. The Morgan fingerprint density at radius 2 is 1.89 bits per heavy atom. The molecule has 150 valence electrons. The molecule has 1 aliphatic heterocycles. The molecule has 27 heavy (non-hydrogen) atoms. The number of hydrogen-bond acceptors (Lipinski definition) is 4. The van der Waals surface area contributed by atoms with Crippen molar-refractivity contribution in [2.75, 3.05) is 39.8 Å². The summed E-state index contributed by atoms with van der Waals surface area (Å²) < 4.78 is 5.17. The predicted molar refractivity (Wildman–Crippen MR) is 109 cm³/mol. The number of carbonyl (C=O) groups excluding carboxylic acids is 1. The van der Waals surface area contributed by atoms with Gasteiger partial charge in [-0.05, 0) is 63.8 Å². The van der Waals surface area contributed by atoms with Gasteiger partial charge in [-0.3, -0.25) is 4.90 Å². The van der Waals surface area contributed by atoms with Crippen molar-refractivity contribution in [3.63, 3.8) is 0 Å². The summed E-state index contributed by atoms with van der Waals surface area (Å²) in [5.74, 6) is 0. The number of rotatable bonds is 4. The lowest BCUT2D eigenvalue weighted by atomic mass is 9.74. The fourth-order valence-corrected chi connectivity index (χ4v) is 4.74. The van der Waals surface area contributed by atoms with Crippen LogP contribution in [0.4, 0.5) is 4.79 Å². The maximum absolute atomic E-state index is 12.0. The summed E-state index contributed by atoms with van der Waals surface area (Å²) in [5, 5.41) is 4.38. The molecule has 1 aromatic carbocycles. The van der Waals surface area contributed by atoms with Gasteiger partial charge in [0, 0.05) is 42.8 Å². The van der Waals surface area contributed by atoms with Gasteiger partial charge in [-0.1, -0.05) is 23.7 Å². The van der Waals surface area contributed by atoms with Gasteiger partial charge in [0.15, 0.2) is 0 Å². The molecule has 6 heteroatoms. The summed E-state index contributed by atoms with van der Waals surface area (Å²) >= 11 is 6.07. The topological polar surface area (TPSA) is 44.8 Å². The van der Waals surface area contributed by atoms with Gasteiger partial charge in [0.25, 0.3) is 0 Å². The van der Waals surface area contributed by atoms with E-state index in [0.717, 1.165) is 50.5 Å². The molecule has 1 saturated carbocycles. The van der Waals surface area contributed by atoms with Crippen LogP contribution in [0.3, 0.4) is 0 Å². The molecular weight excluding hydrogens is 362 g/mol. The van der Waals surface area contributed by atoms with Crippen LogP contribution in [0.1, 0.15) is 44.6 Å². The first-order chi connectivity index (χ1) is 13.1. The van der Waals surface area contributed by atoms with Crippen LogP contribution in [-0.4, -0.2) is 61.8 Å². The molecule has 1 saturated heterocycles. The van der Waals surface area contributed by atoms with Gasteiger partial charge in [0.1, 0.15) is 0 Å². The smallest absolute Gasteiger partial charge is 0.409 e. The molecule has 0 aromatic heterocycles. The molecule has 1 aromatic rings. The van der Waals surface area contributed by atoms with Crippen molar-refractivity contribution in [1.82, 2.24) is 15.1 Å². The van der Waals surface area contributed by atoms with Crippen molar-refractivity contribution in [3.8, 4) is 0 Å². The molecular formula is C21H32ClN3O2. The first-order valence-electron chi connectivity index (χ1n) is 10.2. The van der Waals surface area contributed by atoms with Gasteiger partial charge in [-0.25, -0.2) is 4.79 Å². The number of hydrogen-bond donors (Lipinski definition) is 1. The molecule has 1 aliphatic carbocycles. The second-order valence-electron chi connectivity index (χ2n) is 7.65. The fraction of sp³-hybridized carbons (Fsp3) is 0.667. The fourth-order valence-electron chi connectivity index (χ4n) is 4.61. The van der Waals surface area contributed by atoms with Crippen LogP contribution in [0.2, 0.25) is 5.02 Å². The average Bonchev–Trinajstić information content (AvgIpc) is 2.95. The van der Waals surface area contributed by atoms with Crippen LogP contribution in [-0.2, 0) is 10.3 Å². The minimum absolute atomic E-state index is 0.0455. The van der Waals surface area contributed by atoms with Crippen molar-refractivity contribution in [2.45, 2.75) is 50.6 Å². The van der Waals surface area contributed by atoms with Crippen molar-refractivity contribution in [1.29, 1.82) is 0 Å². The zero-order valence-electron chi connectivity index (χ0n) is 16.5. The van der Waals surface area contributed by atoms with Gasteiger partial charge < -0.3 is 15.0 Å². The van der Waals surface area contributed by atoms with E-state index >= 15 is 0 Å². The highest BCUT2D eigenvalue weighted by Gasteiger charge is 2.37. The Morgan fingerprint density at radius 3 is 2.52 bits per heavy atom. The number of carbonyl (C=O) groups is 1. The van der Waals surface area contributed by atoms with Crippen molar-refractivity contribution >= 4 is 17.7 Å². The van der Waals surface area contributed by atoms with E-state index in [-0.39, 0.29) is 11.6 Å². The van der Waals surface area contributed by atoms with Crippen molar-refractivity contribution in [3.05, 3.63) is 34.9 Å². The van der Waals surface area contributed by atoms with Crippen molar-refractivity contribution < 1.29 is 9.53 Å². The van der Waals surface area contributed by atoms with E-state index < -0.39 is 0 Å². The minimum Gasteiger partial charge on any atom is -0.450 e. The lowest BCUT2D eigenvalue weighted by Gasteiger charge is -2.44. The highest BCUT2D eigenvalue weighted by molar-refractivity contribution is 6.30. The van der Waals surface area contributed by atoms with Crippen molar-refractivity contribution in [2.24, 2.45) is 0 Å². The third-order valence-corrected chi connectivity index (χ3v) is 6.51. The normalized spacial score (nSPS) is 27.2. The van der Waals surface area contributed by atoms with E-state index in [1.165, 1.54) is 18.4 Å². The number of nitrogens with one attached hydrogen (secondary N) is 1. The second-order valence-corrected chi connectivity index (χ2v) is 8.08. The summed E-state index contributed by atoms with van der Waals surface area (Å²) in [5.41, 5.74) is 1.38. The summed E-state index contributed by atoms with van der Waals surface area (Å²) in [6.07, 6.45) is 5.43. The molecule has 0 unspecified atom stereocenters. The molecule has 0 bridgehead atoms. The van der Waals surface area contributed by atoms with Crippen LogP contribution >= 0.6 is 11.6 Å². The van der Waals surface area contributed by atoms with Crippen LogP contribution in [0.15, 0.2) is 24.3 Å². The number of nitrogens with zero attached hydrogens (tertiary/aromatic N) is 2. The molecule has 1 heterocycles. The van der Waals surface area contributed by atoms with E-state index in [2.05, 4.69) is 29.4 Å². The lowest BCUT2D eigenvalue weighted by Crippen LogP contribution is -2.48. The van der Waals surface area contributed by atoms with Crippen LogP contribution in [0.5, 0.6) is 0 Å². The summed E-state index contributed by atoms with van der Waals surface area (Å²) in [6.45, 7) is 5.87. The average molecular weight is 394 g/mol. The van der Waals surface area contributed by atoms with Crippen LogP contribution in [0, 0.1) is 0 Å². The zero-order chi connectivity index (χ0) is 19.3. The Bertz CT molecular complexity index is 614. The summed E-state index contributed by atoms with van der Waals surface area (Å²) in [4.78, 5) is 16.4. The van der Waals surface area contributed by atoms with Crippen LogP contribution in [0.25, 0.3) is 0 Å². The first-order valence-corrected chi connectivity index (χ1v) is 10.6. The molecule has 0 radical (unpaired) electrons. The molecule has 1 N–H and O–H groups in total. The quantitative estimate of drug-likeness (QED) is 0.843. The molecule has 3 rings (SSSR count). The van der Waals surface area contributed by atoms with Gasteiger partial charge in [-0.15, -0.1) is 0 Å². The van der Waals surface area contributed by atoms with E-state index in [9.17, 15) is 4.79 Å². The Balaban J connectivity index is 1.58. The van der Waals surface area contributed by atoms with Crippen LogP contribution < -0.4 is 5.32 Å². The van der Waals surface area contributed by atoms with E-state index in [4.69, 9.17) is 16.3 Å². The molecule has 5 nitrogen and oxygen atoms in total. The second kappa shape index (κ2) is 9.26. The van der Waals surface area contributed by atoms with Gasteiger partial charge in [0.2, 0.25) is 0 Å². The Morgan fingerprint density at radius 1 is 1.19 bits per heavy atom. The van der Waals surface area contributed by atoms with Gasteiger partial charge in [0.05, 0.1) is 6.61 Å². The monoisotopic (exact) mass is 393 g/mol. The molecule has 0 spiro atoms. The van der Waals surface area contributed by atoms with E-state index in [1.54, 1.807) is 0 Å². The third-order valence-electron chi connectivity index (χ3n) is 6.26. The zero-order valence-corrected chi connectivity index (χ0v) is 17.3. The van der Waals surface area contributed by atoms with E-state index in [1.807, 2.05) is 24.0 Å². The summed E-state index contributed by atoms with van der Waals surface area (Å²) in [6, 6.07) is 8.88. The van der Waals surface area contributed by atoms with E-state index in [0.29, 0.717) is 12.6 Å². The maximum atomic E-state index is 12.0. The molecule has 1 amide bonds. The Labute approximate surface area is 168 Å². The Kier molecular flexibility index (Phi) is 7.01. The number of benzene rings is 1. The standard InChI is InChI=1S/C21H32ClN3O2/c1-3-27-20(26)25-14-4-13-24(15-16-25)19-9-11-21(23-2,12-10-19)17-5-7-18(22)8-6-17/h5-8,19,23H,3-4,9-16H2,1-2H3. The number of ether oxygens (including phenoxy) is 1. The number of halogens is 1. The largest absolute Gasteiger partial charge is 0.450 e. The number of amides is 1. The predicted octanol–water partition coefficient (Wildman–Crippen LogP) is 3.86. The highest BCUT2D eigenvalue weighted by Crippen LogP contribution is 2.39. The SMILES string of the molecule is CCOC(=O)N1CCCN(C2CCC(NC)(c3ccc(Cl)cc3)CC2)CC1. The van der Waals surface area contributed by atoms with Gasteiger partial charge in [-0.2, -0.15) is 0 Å². The highest BCUT2D eigenvalue weighted by atomic mass is 35.5. The Hall–Kier alpha value is -1.30. The first kappa shape index (κ1) is 20.4. The molecule has 2 aliphatic rings. The summed E-state index contributed by atoms with van der Waals surface area (Å²) in [7, 11) is 2.07. The maximum Gasteiger partial charge on any atom is 0.409 e. The molecule has 2 fully saturated rings. The third kappa shape index (κ3) is 4.76. The lowest BCUT2D eigenvalue weighted by molar-refractivity contribution is 0.100. The van der Waals surface area contributed by atoms with Gasteiger partial charge >= 0.3 is 6.09 Å². The minimum atomic E-state index is -0.167.